The van der Waals surface area contributed by atoms with E-state index in [4.69, 9.17) is 0 Å². The third-order valence-corrected chi connectivity index (χ3v) is 4.15. The molecule has 3 rings (SSSR count). The van der Waals surface area contributed by atoms with Gasteiger partial charge in [-0.1, -0.05) is 18.2 Å². The maximum atomic E-state index is 9.23. The van der Waals surface area contributed by atoms with E-state index >= 15 is 0 Å². The summed E-state index contributed by atoms with van der Waals surface area (Å²) >= 11 is 0. The molecule has 2 aromatic rings. The van der Waals surface area contributed by atoms with E-state index in [9.17, 15) is 5.26 Å². The molecule has 1 aromatic heterocycles. The summed E-state index contributed by atoms with van der Waals surface area (Å²) in [7, 11) is 0. The Hall–Kier alpha value is -1.83. The summed E-state index contributed by atoms with van der Waals surface area (Å²) in [5.74, 6) is 0. The number of benzene rings is 1. The summed E-state index contributed by atoms with van der Waals surface area (Å²) in [6.45, 7) is 6.13. The maximum Gasteiger partial charge on any atom is 0.0641 e. The van der Waals surface area contributed by atoms with Crippen LogP contribution >= 0.6 is 0 Å². The zero-order valence-corrected chi connectivity index (χ0v) is 11.8. The second-order valence-electron chi connectivity index (χ2n) is 5.37. The molecule has 4 heteroatoms. The van der Waals surface area contributed by atoms with E-state index in [1.807, 2.05) is 6.07 Å². The van der Waals surface area contributed by atoms with E-state index in [1.165, 1.54) is 16.6 Å². The van der Waals surface area contributed by atoms with Crippen LogP contribution < -0.4 is 5.32 Å². The monoisotopic (exact) mass is 268 g/mol. The average molecular weight is 268 g/mol. The number of hydrogen-bond donors (Lipinski definition) is 2. The van der Waals surface area contributed by atoms with Crippen molar-refractivity contribution in [1.29, 1.82) is 5.26 Å². The average Bonchev–Trinajstić information content (AvgIpc) is 2.82. The Morgan fingerprint density at radius 3 is 2.80 bits per heavy atom. The Morgan fingerprint density at radius 2 is 2.05 bits per heavy atom. The highest BCUT2D eigenvalue weighted by Crippen LogP contribution is 2.33. The predicted molar refractivity (Wildman–Crippen MR) is 80.4 cm³/mol. The standard InChI is InChI=1S/C16H20N4/c1-12-16(13-4-2-3-5-14(13)19-12)15(6-7-17)20-10-8-18-9-11-20/h2-5,15,18-19H,6,8-11H2,1H3/t15-/m0/s1. The normalized spacial score (nSPS) is 18.0. The number of aryl methyl sites for hydroxylation is 1. The molecule has 0 aliphatic carbocycles. The van der Waals surface area contributed by atoms with Crippen molar-refractivity contribution in [2.75, 3.05) is 26.2 Å². The number of hydrogen-bond acceptors (Lipinski definition) is 3. The van der Waals surface area contributed by atoms with Crippen molar-refractivity contribution in [1.82, 2.24) is 15.2 Å². The first-order chi connectivity index (χ1) is 9.81. The van der Waals surface area contributed by atoms with Crippen LogP contribution in [0.5, 0.6) is 0 Å². The number of piperazine rings is 1. The van der Waals surface area contributed by atoms with Crippen LogP contribution in [0.25, 0.3) is 10.9 Å². The van der Waals surface area contributed by atoms with Crippen molar-refractivity contribution in [3.05, 3.63) is 35.5 Å². The Morgan fingerprint density at radius 1 is 1.30 bits per heavy atom. The van der Waals surface area contributed by atoms with Crippen LogP contribution in [0.3, 0.4) is 0 Å². The molecule has 2 heterocycles. The van der Waals surface area contributed by atoms with Crippen LogP contribution in [0.4, 0.5) is 0 Å². The number of nitrogens with one attached hydrogen (secondary N) is 2. The summed E-state index contributed by atoms with van der Waals surface area (Å²) in [6.07, 6.45) is 0.544. The van der Waals surface area contributed by atoms with Gasteiger partial charge in [0.1, 0.15) is 0 Å². The van der Waals surface area contributed by atoms with Crippen molar-refractivity contribution in [2.24, 2.45) is 0 Å². The summed E-state index contributed by atoms with van der Waals surface area (Å²) < 4.78 is 0. The number of nitriles is 1. The third kappa shape index (κ3) is 2.31. The first-order valence-electron chi connectivity index (χ1n) is 7.20. The Bertz CT molecular complexity index is 631. The lowest BCUT2D eigenvalue weighted by Gasteiger charge is -2.34. The fourth-order valence-electron chi connectivity index (χ4n) is 3.22. The molecule has 0 amide bonds. The second kappa shape index (κ2) is 5.66. The van der Waals surface area contributed by atoms with Gasteiger partial charge in [0.15, 0.2) is 0 Å². The molecule has 1 atom stereocenters. The van der Waals surface area contributed by atoms with Gasteiger partial charge in [-0.3, -0.25) is 4.90 Å². The highest BCUT2D eigenvalue weighted by molar-refractivity contribution is 5.85. The zero-order valence-electron chi connectivity index (χ0n) is 11.8. The first-order valence-corrected chi connectivity index (χ1v) is 7.20. The van der Waals surface area contributed by atoms with Crippen molar-refractivity contribution in [3.63, 3.8) is 0 Å². The van der Waals surface area contributed by atoms with Gasteiger partial charge in [0, 0.05) is 42.8 Å². The molecule has 0 bridgehead atoms. The number of rotatable bonds is 3. The topological polar surface area (TPSA) is 54.9 Å². The van der Waals surface area contributed by atoms with E-state index in [0.717, 1.165) is 31.7 Å². The molecule has 4 nitrogen and oxygen atoms in total. The van der Waals surface area contributed by atoms with E-state index in [-0.39, 0.29) is 6.04 Å². The summed E-state index contributed by atoms with van der Waals surface area (Å²) in [5.41, 5.74) is 3.65. The fraction of sp³-hybridized carbons (Fsp3) is 0.438. The molecule has 20 heavy (non-hydrogen) atoms. The minimum Gasteiger partial charge on any atom is -0.358 e. The predicted octanol–water partition coefficient (Wildman–Crippen LogP) is 2.34. The molecule has 1 aromatic carbocycles. The Kier molecular flexibility index (Phi) is 3.72. The maximum absolute atomic E-state index is 9.23. The van der Waals surface area contributed by atoms with Gasteiger partial charge in [0.05, 0.1) is 18.5 Å². The minimum absolute atomic E-state index is 0.193. The van der Waals surface area contributed by atoms with Crippen molar-refractivity contribution < 1.29 is 0 Å². The van der Waals surface area contributed by atoms with Crippen LogP contribution in [0.15, 0.2) is 24.3 Å². The van der Waals surface area contributed by atoms with Crippen molar-refractivity contribution in [3.8, 4) is 6.07 Å². The third-order valence-electron chi connectivity index (χ3n) is 4.15. The van der Waals surface area contributed by atoms with E-state index < -0.39 is 0 Å². The number of para-hydroxylation sites is 1. The molecule has 2 N–H and O–H groups in total. The number of nitrogens with zero attached hydrogens (tertiary/aromatic N) is 2. The SMILES string of the molecule is Cc1[nH]c2ccccc2c1[C@H](CC#N)N1CCNCC1. The molecule has 1 aliphatic rings. The Balaban J connectivity index is 2.04. The van der Waals surface area contributed by atoms with Crippen LogP contribution in [0.2, 0.25) is 0 Å². The molecule has 0 spiro atoms. The Labute approximate surface area is 119 Å². The highest BCUT2D eigenvalue weighted by atomic mass is 15.2. The number of fused-ring (bicyclic) bond motifs is 1. The summed E-state index contributed by atoms with van der Waals surface area (Å²) in [6, 6.07) is 10.9. The van der Waals surface area contributed by atoms with Gasteiger partial charge in [0.25, 0.3) is 0 Å². The van der Waals surface area contributed by atoms with Crippen molar-refractivity contribution >= 4 is 10.9 Å². The van der Waals surface area contributed by atoms with Crippen LogP contribution in [-0.4, -0.2) is 36.1 Å². The summed E-state index contributed by atoms with van der Waals surface area (Å²) in [4.78, 5) is 5.89. The summed E-state index contributed by atoms with van der Waals surface area (Å²) in [5, 5.41) is 13.9. The van der Waals surface area contributed by atoms with E-state index in [0.29, 0.717) is 6.42 Å². The largest absolute Gasteiger partial charge is 0.358 e. The molecular formula is C16H20N4. The van der Waals surface area contributed by atoms with Crippen LogP contribution in [-0.2, 0) is 0 Å². The van der Waals surface area contributed by atoms with Gasteiger partial charge in [0.2, 0.25) is 0 Å². The number of aromatic nitrogens is 1. The fourth-order valence-corrected chi connectivity index (χ4v) is 3.22. The highest BCUT2D eigenvalue weighted by Gasteiger charge is 2.25. The van der Waals surface area contributed by atoms with Crippen LogP contribution in [0, 0.1) is 18.3 Å². The molecule has 104 valence electrons. The van der Waals surface area contributed by atoms with Gasteiger partial charge in [-0.2, -0.15) is 5.26 Å². The van der Waals surface area contributed by atoms with Crippen molar-refractivity contribution in [2.45, 2.75) is 19.4 Å². The lowest BCUT2D eigenvalue weighted by molar-refractivity contribution is 0.176. The lowest BCUT2D eigenvalue weighted by atomic mass is 9.98. The van der Waals surface area contributed by atoms with Gasteiger partial charge < -0.3 is 10.3 Å². The molecule has 1 saturated heterocycles. The molecule has 0 unspecified atom stereocenters. The minimum atomic E-state index is 0.193. The molecule has 0 saturated carbocycles. The van der Waals surface area contributed by atoms with Gasteiger partial charge in [-0.25, -0.2) is 0 Å². The molecule has 1 fully saturated rings. The lowest BCUT2D eigenvalue weighted by Crippen LogP contribution is -2.45. The smallest absolute Gasteiger partial charge is 0.0641 e. The molecular weight excluding hydrogens is 248 g/mol. The molecule has 1 aliphatic heterocycles. The number of aromatic amines is 1. The van der Waals surface area contributed by atoms with Gasteiger partial charge in [-0.05, 0) is 18.6 Å². The number of H-pyrrole nitrogens is 1. The van der Waals surface area contributed by atoms with Crippen LogP contribution in [0.1, 0.15) is 23.7 Å². The van der Waals surface area contributed by atoms with E-state index in [2.05, 4.69) is 46.4 Å². The second-order valence-corrected chi connectivity index (χ2v) is 5.37. The zero-order chi connectivity index (χ0) is 13.9. The first kappa shape index (κ1) is 13.2. The van der Waals surface area contributed by atoms with Gasteiger partial charge in [-0.15, -0.1) is 0 Å². The quantitative estimate of drug-likeness (QED) is 0.898. The van der Waals surface area contributed by atoms with E-state index in [1.54, 1.807) is 0 Å². The van der Waals surface area contributed by atoms with Gasteiger partial charge >= 0.3 is 0 Å². The molecule has 0 radical (unpaired) electrons.